The highest BCUT2D eigenvalue weighted by molar-refractivity contribution is 5.78. The van der Waals surface area contributed by atoms with Crippen molar-refractivity contribution in [1.82, 2.24) is 19.6 Å². The van der Waals surface area contributed by atoms with Crippen LogP contribution < -0.4 is 16.7 Å². The van der Waals surface area contributed by atoms with E-state index in [0.717, 1.165) is 0 Å². The van der Waals surface area contributed by atoms with Crippen LogP contribution in [-0.4, -0.2) is 32.0 Å². The van der Waals surface area contributed by atoms with Gasteiger partial charge >= 0.3 is 5.69 Å². The van der Waals surface area contributed by atoms with E-state index in [1.54, 1.807) is 0 Å². The van der Waals surface area contributed by atoms with Crippen molar-refractivity contribution in [2.24, 2.45) is 5.73 Å². The summed E-state index contributed by atoms with van der Waals surface area (Å²) in [5.74, 6) is -0.0589. The standard InChI is InChI=1S/C7H8N6O2/c8-4(14)2-9-5-1-6-11-12-7(15)13(6)3-10-5/h1,3,9H,2H2,(H2,8,14)(H,12,15). The van der Waals surface area contributed by atoms with Gasteiger partial charge in [-0.1, -0.05) is 0 Å². The topological polar surface area (TPSA) is 118 Å². The zero-order chi connectivity index (χ0) is 10.8. The molecule has 0 aromatic carbocycles. The molecule has 0 atom stereocenters. The van der Waals surface area contributed by atoms with Crippen molar-refractivity contribution in [1.29, 1.82) is 0 Å². The van der Waals surface area contributed by atoms with Crippen LogP contribution in [-0.2, 0) is 4.79 Å². The van der Waals surface area contributed by atoms with Crippen molar-refractivity contribution < 1.29 is 4.79 Å². The first-order chi connectivity index (χ1) is 7.16. The third-order valence-electron chi connectivity index (χ3n) is 1.75. The van der Waals surface area contributed by atoms with Gasteiger partial charge in [0, 0.05) is 6.07 Å². The SMILES string of the molecule is NC(=O)CNc1cc2n[nH]c(=O)n2cn1. The highest BCUT2D eigenvalue weighted by Gasteiger charge is 2.02. The van der Waals surface area contributed by atoms with Crippen molar-refractivity contribution in [3.63, 3.8) is 0 Å². The lowest BCUT2D eigenvalue weighted by Gasteiger charge is -2.01. The van der Waals surface area contributed by atoms with Gasteiger partial charge in [0.1, 0.15) is 12.1 Å². The van der Waals surface area contributed by atoms with Crippen molar-refractivity contribution in [2.45, 2.75) is 0 Å². The Hall–Kier alpha value is -2.38. The first kappa shape index (κ1) is 9.19. The number of aromatic nitrogens is 4. The molecule has 4 N–H and O–H groups in total. The molecule has 0 spiro atoms. The maximum Gasteiger partial charge on any atom is 0.348 e. The average molecular weight is 208 g/mol. The minimum Gasteiger partial charge on any atom is -0.368 e. The molecule has 8 heteroatoms. The molecule has 2 aromatic rings. The fraction of sp³-hybridized carbons (Fsp3) is 0.143. The smallest absolute Gasteiger partial charge is 0.348 e. The Kier molecular flexibility index (Phi) is 2.08. The molecule has 2 heterocycles. The van der Waals surface area contributed by atoms with E-state index in [0.29, 0.717) is 11.5 Å². The van der Waals surface area contributed by atoms with Crippen LogP contribution in [0.3, 0.4) is 0 Å². The zero-order valence-electron chi connectivity index (χ0n) is 7.60. The van der Waals surface area contributed by atoms with Crippen LogP contribution in [0.15, 0.2) is 17.2 Å². The quantitative estimate of drug-likeness (QED) is 0.556. The second kappa shape index (κ2) is 3.40. The molecule has 0 aliphatic carbocycles. The maximum atomic E-state index is 11.1. The number of amides is 1. The fourth-order valence-corrected chi connectivity index (χ4v) is 1.08. The van der Waals surface area contributed by atoms with Crippen molar-refractivity contribution in [3.8, 4) is 0 Å². The van der Waals surface area contributed by atoms with Crippen LogP contribution in [0.25, 0.3) is 5.65 Å². The molecule has 0 unspecified atom stereocenters. The Morgan fingerprint density at radius 2 is 2.47 bits per heavy atom. The predicted octanol–water partition coefficient (Wildman–Crippen LogP) is -1.69. The number of aromatic amines is 1. The maximum absolute atomic E-state index is 11.1. The first-order valence-electron chi connectivity index (χ1n) is 4.12. The summed E-state index contributed by atoms with van der Waals surface area (Å²) in [4.78, 5) is 25.5. The normalized spacial score (nSPS) is 10.4. The Morgan fingerprint density at radius 1 is 1.67 bits per heavy atom. The van der Waals surface area contributed by atoms with Gasteiger partial charge < -0.3 is 11.1 Å². The van der Waals surface area contributed by atoms with E-state index in [2.05, 4.69) is 20.5 Å². The Balaban J connectivity index is 2.31. The van der Waals surface area contributed by atoms with Crippen molar-refractivity contribution in [3.05, 3.63) is 22.9 Å². The molecule has 0 fully saturated rings. The molecule has 0 saturated heterocycles. The van der Waals surface area contributed by atoms with Crippen LogP contribution in [0.2, 0.25) is 0 Å². The molecule has 1 amide bonds. The summed E-state index contributed by atoms with van der Waals surface area (Å²) in [5, 5.41) is 8.69. The first-order valence-corrected chi connectivity index (χ1v) is 4.12. The fourth-order valence-electron chi connectivity index (χ4n) is 1.08. The molecule has 8 nitrogen and oxygen atoms in total. The molecule has 0 aliphatic heterocycles. The van der Waals surface area contributed by atoms with Gasteiger partial charge in [-0.05, 0) is 0 Å². The van der Waals surface area contributed by atoms with E-state index in [9.17, 15) is 9.59 Å². The summed E-state index contributed by atoms with van der Waals surface area (Å²) in [6.45, 7) is -0.0160. The van der Waals surface area contributed by atoms with Gasteiger partial charge in [-0.25, -0.2) is 19.3 Å². The van der Waals surface area contributed by atoms with Crippen LogP contribution in [0.5, 0.6) is 0 Å². The van der Waals surface area contributed by atoms with E-state index in [1.165, 1.54) is 16.8 Å². The van der Waals surface area contributed by atoms with E-state index >= 15 is 0 Å². The summed E-state index contributed by atoms with van der Waals surface area (Å²) in [6, 6.07) is 1.53. The average Bonchev–Trinajstić information content (AvgIpc) is 2.57. The second-order valence-corrected chi connectivity index (χ2v) is 2.85. The molecule has 15 heavy (non-hydrogen) atoms. The number of carbonyl (C=O) groups excluding carboxylic acids is 1. The lowest BCUT2D eigenvalue weighted by Crippen LogP contribution is -2.22. The highest BCUT2D eigenvalue weighted by Crippen LogP contribution is 2.02. The second-order valence-electron chi connectivity index (χ2n) is 2.85. The molecule has 0 saturated carbocycles. The van der Waals surface area contributed by atoms with E-state index < -0.39 is 5.91 Å². The van der Waals surface area contributed by atoms with Crippen LogP contribution in [0, 0.1) is 0 Å². The van der Waals surface area contributed by atoms with E-state index in [-0.39, 0.29) is 12.2 Å². The number of primary amides is 1. The molecule has 2 rings (SSSR count). The molecular weight excluding hydrogens is 200 g/mol. The molecule has 0 bridgehead atoms. The summed E-state index contributed by atoms with van der Waals surface area (Å²) in [7, 11) is 0. The lowest BCUT2D eigenvalue weighted by molar-refractivity contribution is -0.116. The van der Waals surface area contributed by atoms with Gasteiger partial charge in [0.05, 0.1) is 6.54 Å². The predicted molar refractivity (Wildman–Crippen MR) is 51.3 cm³/mol. The zero-order valence-corrected chi connectivity index (χ0v) is 7.60. The number of nitrogens with two attached hydrogens (primary N) is 1. The Morgan fingerprint density at radius 3 is 3.20 bits per heavy atom. The Bertz CT molecular complexity index is 556. The van der Waals surface area contributed by atoms with Crippen molar-refractivity contribution in [2.75, 3.05) is 11.9 Å². The van der Waals surface area contributed by atoms with Gasteiger partial charge in [-0.2, -0.15) is 5.10 Å². The molecule has 78 valence electrons. The van der Waals surface area contributed by atoms with Crippen LogP contribution >= 0.6 is 0 Å². The molecule has 0 aliphatic rings. The summed E-state index contributed by atoms with van der Waals surface area (Å²) in [6.07, 6.45) is 1.31. The number of nitrogens with zero attached hydrogens (tertiary/aromatic N) is 3. The minimum atomic E-state index is -0.490. The number of carbonyl (C=O) groups is 1. The summed E-state index contributed by atoms with van der Waals surface area (Å²) >= 11 is 0. The summed E-state index contributed by atoms with van der Waals surface area (Å²) < 4.78 is 1.25. The van der Waals surface area contributed by atoms with Gasteiger partial charge in [0.2, 0.25) is 5.91 Å². The number of rotatable bonds is 3. The lowest BCUT2D eigenvalue weighted by atomic mass is 10.5. The van der Waals surface area contributed by atoms with Crippen LogP contribution in [0.1, 0.15) is 0 Å². The number of fused-ring (bicyclic) bond motifs is 1. The monoisotopic (exact) mass is 208 g/mol. The van der Waals surface area contributed by atoms with Gasteiger partial charge in [-0.3, -0.25) is 4.79 Å². The third-order valence-corrected chi connectivity index (χ3v) is 1.75. The number of H-pyrrole nitrogens is 1. The molecule has 0 radical (unpaired) electrons. The number of hydrogen-bond acceptors (Lipinski definition) is 5. The minimum absolute atomic E-state index is 0.0160. The third kappa shape index (κ3) is 1.77. The Labute approximate surface area is 83.1 Å². The van der Waals surface area contributed by atoms with E-state index in [4.69, 9.17) is 5.73 Å². The number of nitrogens with one attached hydrogen (secondary N) is 2. The highest BCUT2D eigenvalue weighted by atomic mass is 16.1. The largest absolute Gasteiger partial charge is 0.368 e. The van der Waals surface area contributed by atoms with Gasteiger partial charge in [0.15, 0.2) is 5.65 Å². The number of anilines is 1. The van der Waals surface area contributed by atoms with Crippen molar-refractivity contribution >= 4 is 17.4 Å². The molecular formula is C7H8N6O2. The van der Waals surface area contributed by atoms with Gasteiger partial charge in [-0.15, -0.1) is 0 Å². The van der Waals surface area contributed by atoms with Gasteiger partial charge in [0.25, 0.3) is 0 Å². The molecule has 2 aromatic heterocycles. The number of hydrogen-bond donors (Lipinski definition) is 3. The summed E-state index contributed by atoms with van der Waals surface area (Å²) in [5.41, 5.74) is 5.01. The van der Waals surface area contributed by atoms with Crippen LogP contribution in [0.4, 0.5) is 5.82 Å². The van der Waals surface area contributed by atoms with E-state index in [1.807, 2.05) is 0 Å².